The minimum atomic E-state index is -0.426. The Balaban J connectivity index is 1.90. The number of nitrogens with one attached hydrogen (secondary N) is 2. The van der Waals surface area contributed by atoms with Crippen LogP contribution in [0, 0.1) is 10.1 Å². The van der Waals surface area contributed by atoms with Gasteiger partial charge in [-0.3, -0.25) is 10.1 Å². The molecule has 1 aromatic heterocycles. The van der Waals surface area contributed by atoms with Gasteiger partial charge >= 0.3 is 0 Å². The topological polar surface area (TPSA) is 67.2 Å². The summed E-state index contributed by atoms with van der Waals surface area (Å²) in [4.78, 5) is 11.3. The Kier molecular flexibility index (Phi) is 4.53. The maximum atomic E-state index is 10.6. The third-order valence-electron chi connectivity index (χ3n) is 2.20. The van der Waals surface area contributed by atoms with E-state index in [1.807, 2.05) is 18.2 Å². The van der Waals surface area contributed by atoms with Crippen LogP contribution in [0.25, 0.3) is 6.08 Å². The van der Waals surface area contributed by atoms with Crippen molar-refractivity contribution in [2.45, 2.75) is 0 Å². The van der Waals surface area contributed by atoms with Gasteiger partial charge in [0.25, 0.3) is 5.69 Å². The summed E-state index contributed by atoms with van der Waals surface area (Å²) in [5, 5.41) is 10.6. The Bertz CT molecular complexity index is 613. The van der Waals surface area contributed by atoms with Gasteiger partial charge in [0.15, 0.2) is 0 Å². The van der Waals surface area contributed by atoms with Crippen molar-refractivity contribution in [2.24, 2.45) is 0 Å². The standard InChI is InChI=1S/C12H10BrN3O2S/c13-12-5-4-11(19-12)6-7-14-15-9-2-1-3-10(8-9)16(17)18/h1-8,14-15H/b7-6+. The Labute approximate surface area is 122 Å². The molecule has 98 valence electrons. The zero-order valence-corrected chi connectivity index (χ0v) is 12.1. The predicted octanol–water partition coefficient (Wildman–Crippen LogP) is 4.01. The number of nitro benzene ring substituents is 1. The molecule has 0 unspecified atom stereocenters. The molecule has 0 spiro atoms. The first-order valence-electron chi connectivity index (χ1n) is 5.33. The molecule has 7 heteroatoms. The van der Waals surface area contributed by atoms with Crippen LogP contribution in [0.15, 0.2) is 46.4 Å². The van der Waals surface area contributed by atoms with Gasteiger partial charge in [-0.15, -0.1) is 11.3 Å². The SMILES string of the molecule is O=[N+]([O-])c1cccc(NN/C=C/c2ccc(Br)s2)c1. The Morgan fingerprint density at radius 1 is 1.32 bits per heavy atom. The van der Waals surface area contributed by atoms with Crippen molar-refractivity contribution in [3.63, 3.8) is 0 Å². The Hall–Kier alpha value is -1.86. The van der Waals surface area contributed by atoms with E-state index in [2.05, 4.69) is 26.8 Å². The molecule has 2 rings (SSSR count). The van der Waals surface area contributed by atoms with Crippen LogP contribution in [0.3, 0.4) is 0 Å². The van der Waals surface area contributed by atoms with Gasteiger partial charge in [-0.1, -0.05) is 6.07 Å². The lowest BCUT2D eigenvalue weighted by molar-refractivity contribution is -0.384. The molecule has 0 aliphatic carbocycles. The van der Waals surface area contributed by atoms with Crippen molar-refractivity contribution >= 4 is 44.7 Å². The number of nitro groups is 1. The summed E-state index contributed by atoms with van der Waals surface area (Å²) in [6.45, 7) is 0. The summed E-state index contributed by atoms with van der Waals surface area (Å²) in [6.07, 6.45) is 3.64. The van der Waals surface area contributed by atoms with Gasteiger partial charge in [0.05, 0.1) is 14.4 Å². The average molecular weight is 340 g/mol. The highest BCUT2D eigenvalue weighted by atomic mass is 79.9. The number of non-ortho nitro benzene ring substituents is 1. The number of rotatable bonds is 5. The molecule has 2 N–H and O–H groups in total. The van der Waals surface area contributed by atoms with Crippen LogP contribution < -0.4 is 10.9 Å². The summed E-state index contributed by atoms with van der Waals surface area (Å²) >= 11 is 5.00. The third-order valence-corrected chi connectivity index (χ3v) is 3.79. The van der Waals surface area contributed by atoms with Crippen LogP contribution in [-0.2, 0) is 0 Å². The van der Waals surface area contributed by atoms with E-state index in [1.165, 1.54) is 12.1 Å². The van der Waals surface area contributed by atoms with Crippen molar-refractivity contribution < 1.29 is 4.92 Å². The monoisotopic (exact) mass is 339 g/mol. The van der Waals surface area contributed by atoms with Crippen LogP contribution in [0.5, 0.6) is 0 Å². The van der Waals surface area contributed by atoms with Crippen LogP contribution in [0.4, 0.5) is 11.4 Å². The normalized spacial score (nSPS) is 10.6. The van der Waals surface area contributed by atoms with E-state index >= 15 is 0 Å². The first-order chi connectivity index (χ1) is 9.15. The molecule has 0 amide bonds. The Morgan fingerprint density at radius 2 is 2.16 bits per heavy atom. The molecule has 1 heterocycles. The van der Waals surface area contributed by atoms with Crippen LogP contribution in [-0.4, -0.2) is 4.92 Å². The molecule has 0 fully saturated rings. The highest BCUT2D eigenvalue weighted by Gasteiger charge is 2.04. The second-order valence-corrected chi connectivity index (χ2v) is 6.05. The lowest BCUT2D eigenvalue weighted by Crippen LogP contribution is -2.13. The van der Waals surface area contributed by atoms with E-state index in [0.717, 1.165) is 8.66 Å². The van der Waals surface area contributed by atoms with Crippen molar-refractivity contribution in [1.29, 1.82) is 0 Å². The van der Waals surface area contributed by atoms with Gasteiger partial charge in [0.1, 0.15) is 0 Å². The summed E-state index contributed by atoms with van der Waals surface area (Å²) in [5.41, 5.74) is 6.42. The van der Waals surface area contributed by atoms with E-state index < -0.39 is 4.92 Å². The minimum absolute atomic E-state index is 0.0537. The molecule has 0 aliphatic heterocycles. The quantitative estimate of drug-likeness (QED) is 0.638. The second-order valence-electron chi connectivity index (χ2n) is 3.55. The van der Waals surface area contributed by atoms with Crippen LogP contribution >= 0.6 is 27.3 Å². The summed E-state index contributed by atoms with van der Waals surface area (Å²) in [5.74, 6) is 0. The fraction of sp³-hybridized carbons (Fsp3) is 0. The number of nitrogens with zero attached hydrogens (tertiary/aromatic N) is 1. The fourth-order valence-corrected chi connectivity index (χ4v) is 2.69. The van der Waals surface area contributed by atoms with E-state index in [9.17, 15) is 10.1 Å². The first-order valence-corrected chi connectivity index (χ1v) is 6.94. The zero-order chi connectivity index (χ0) is 13.7. The number of benzene rings is 1. The summed E-state index contributed by atoms with van der Waals surface area (Å²) in [7, 11) is 0. The molecule has 0 bridgehead atoms. The molecule has 19 heavy (non-hydrogen) atoms. The van der Waals surface area contributed by atoms with E-state index in [1.54, 1.807) is 29.7 Å². The van der Waals surface area contributed by atoms with Gasteiger partial charge in [0, 0.05) is 23.2 Å². The van der Waals surface area contributed by atoms with Crippen molar-refractivity contribution in [1.82, 2.24) is 5.43 Å². The van der Waals surface area contributed by atoms with E-state index in [-0.39, 0.29) is 5.69 Å². The average Bonchev–Trinajstić information content (AvgIpc) is 2.81. The van der Waals surface area contributed by atoms with Gasteiger partial charge in [-0.05, 0) is 40.2 Å². The van der Waals surface area contributed by atoms with Gasteiger partial charge in [-0.25, -0.2) is 0 Å². The number of anilines is 1. The molecular weight excluding hydrogens is 330 g/mol. The highest BCUT2D eigenvalue weighted by molar-refractivity contribution is 9.11. The molecular formula is C12H10BrN3O2S. The fourth-order valence-electron chi connectivity index (χ4n) is 1.36. The minimum Gasteiger partial charge on any atom is -0.308 e. The second kappa shape index (κ2) is 6.35. The van der Waals surface area contributed by atoms with Crippen LogP contribution in [0.1, 0.15) is 4.88 Å². The molecule has 0 atom stereocenters. The van der Waals surface area contributed by atoms with Gasteiger partial charge < -0.3 is 10.9 Å². The third kappa shape index (κ3) is 4.08. The number of hydrazine groups is 1. The van der Waals surface area contributed by atoms with Gasteiger partial charge in [0.2, 0.25) is 0 Å². The highest BCUT2D eigenvalue weighted by Crippen LogP contribution is 2.22. The lowest BCUT2D eigenvalue weighted by Gasteiger charge is -2.04. The lowest BCUT2D eigenvalue weighted by atomic mass is 10.3. The number of thiophene rings is 1. The largest absolute Gasteiger partial charge is 0.308 e. The molecule has 0 aliphatic rings. The predicted molar refractivity (Wildman–Crippen MR) is 80.9 cm³/mol. The number of hydrogen-bond acceptors (Lipinski definition) is 5. The first kappa shape index (κ1) is 13.6. The van der Waals surface area contributed by atoms with Crippen molar-refractivity contribution in [3.05, 3.63) is 61.4 Å². The summed E-state index contributed by atoms with van der Waals surface area (Å²) < 4.78 is 1.07. The van der Waals surface area contributed by atoms with Gasteiger partial charge in [-0.2, -0.15) is 0 Å². The molecule has 5 nitrogen and oxygen atoms in total. The zero-order valence-electron chi connectivity index (χ0n) is 9.67. The number of halogens is 1. The molecule has 0 radical (unpaired) electrons. The van der Waals surface area contributed by atoms with Crippen molar-refractivity contribution in [3.8, 4) is 0 Å². The van der Waals surface area contributed by atoms with E-state index in [0.29, 0.717) is 5.69 Å². The van der Waals surface area contributed by atoms with Crippen LogP contribution in [0.2, 0.25) is 0 Å². The molecule has 1 aromatic carbocycles. The molecule has 0 saturated heterocycles. The molecule has 0 saturated carbocycles. The molecule has 2 aromatic rings. The van der Waals surface area contributed by atoms with Crippen molar-refractivity contribution in [2.75, 3.05) is 5.43 Å². The smallest absolute Gasteiger partial charge is 0.271 e. The summed E-state index contributed by atoms with van der Waals surface area (Å²) in [6, 6.07) is 10.2. The maximum Gasteiger partial charge on any atom is 0.271 e. The maximum absolute atomic E-state index is 10.6. The Morgan fingerprint density at radius 3 is 2.84 bits per heavy atom. The van der Waals surface area contributed by atoms with E-state index in [4.69, 9.17) is 0 Å². The number of hydrogen-bond donors (Lipinski definition) is 2.